The number of rotatable bonds is 3. The Balaban J connectivity index is 2.17. The SMILES string of the molecule is Cc1cc([C@@H](C)NC(=O)OC(C)(C)C)c2oc(-c3ccn(C)c(=O)c3)c(C)c(=O)c2c1. The number of hydrogen-bond donors (Lipinski definition) is 1. The molecule has 164 valence electrons. The minimum atomic E-state index is -0.630. The number of nitrogens with zero attached hydrogens (tertiary/aromatic N) is 1. The molecule has 2 aromatic heterocycles. The van der Waals surface area contributed by atoms with E-state index >= 15 is 0 Å². The maximum atomic E-state index is 13.2. The van der Waals surface area contributed by atoms with E-state index in [1.807, 2.05) is 13.0 Å². The highest BCUT2D eigenvalue weighted by Crippen LogP contribution is 2.30. The number of fused-ring (bicyclic) bond motifs is 1. The number of amides is 1. The quantitative estimate of drug-likeness (QED) is 0.675. The minimum absolute atomic E-state index is 0.175. The van der Waals surface area contributed by atoms with Crippen LogP contribution in [0.5, 0.6) is 0 Å². The predicted molar refractivity (Wildman–Crippen MR) is 120 cm³/mol. The zero-order chi connectivity index (χ0) is 23.1. The van der Waals surface area contributed by atoms with Crippen LogP contribution in [0.4, 0.5) is 4.79 Å². The van der Waals surface area contributed by atoms with Crippen molar-refractivity contribution in [2.75, 3.05) is 0 Å². The standard InChI is InChI=1S/C24H28N2O5/c1-13-10-17(15(3)25-23(29)31-24(4,5)6)22-18(11-13)20(28)14(2)21(30-22)16-8-9-26(7)19(27)12-16/h8-12,15H,1-7H3,(H,25,29)/t15-/m1/s1. The van der Waals surface area contributed by atoms with Crippen molar-refractivity contribution in [2.45, 2.75) is 53.2 Å². The summed E-state index contributed by atoms with van der Waals surface area (Å²) in [7, 11) is 1.65. The molecule has 2 heterocycles. The second kappa shape index (κ2) is 8.06. The van der Waals surface area contributed by atoms with Crippen LogP contribution >= 0.6 is 0 Å². The van der Waals surface area contributed by atoms with Gasteiger partial charge in [-0.2, -0.15) is 0 Å². The van der Waals surface area contributed by atoms with E-state index < -0.39 is 17.7 Å². The fourth-order valence-corrected chi connectivity index (χ4v) is 3.42. The monoisotopic (exact) mass is 424 g/mol. The van der Waals surface area contributed by atoms with E-state index in [1.165, 1.54) is 10.6 Å². The van der Waals surface area contributed by atoms with E-state index in [0.717, 1.165) is 5.56 Å². The Morgan fingerprint density at radius 1 is 1.16 bits per heavy atom. The van der Waals surface area contributed by atoms with Gasteiger partial charge in [0.05, 0.1) is 11.4 Å². The van der Waals surface area contributed by atoms with Crippen LogP contribution in [0, 0.1) is 13.8 Å². The maximum absolute atomic E-state index is 13.2. The van der Waals surface area contributed by atoms with Crippen molar-refractivity contribution < 1.29 is 13.9 Å². The van der Waals surface area contributed by atoms with Crippen LogP contribution in [-0.2, 0) is 11.8 Å². The zero-order valence-corrected chi connectivity index (χ0v) is 19.0. The molecule has 0 spiro atoms. The number of alkyl carbamates (subject to hydrolysis) is 1. The van der Waals surface area contributed by atoms with Gasteiger partial charge in [-0.25, -0.2) is 4.79 Å². The summed E-state index contributed by atoms with van der Waals surface area (Å²) in [5.41, 5.74) is 1.84. The first-order valence-electron chi connectivity index (χ1n) is 10.1. The van der Waals surface area contributed by atoms with Crippen LogP contribution in [0.3, 0.4) is 0 Å². The Hall–Kier alpha value is -3.35. The summed E-state index contributed by atoms with van der Waals surface area (Å²) in [6, 6.07) is 6.34. The molecule has 1 atom stereocenters. The van der Waals surface area contributed by atoms with Gasteiger partial charge in [-0.1, -0.05) is 6.07 Å². The Bertz CT molecular complexity index is 1280. The number of aromatic nitrogens is 1. The fraction of sp³-hybridized carbons (Fsp3) is 0.375. The van der Waals surface area contributed by atoms with Crippen molar-refractivity contribution in [1.82, 2.24) is 9.88 Å². The molecule has 0 aliphatic heterocycles. The third kappa shape index (κ3) is 4.71. The van der Waals surface area contributed by atoms with Gasteiger partial charge < -0.3 is 19.0 Å². The van der Waals surface area contributed by atoms with Crippen molar-refractivity contribution in [2.24, 2.45) is 7.05 Å². The van der Waals surface area contributed by atoms with Gasteiger partial charge in [-0.3, -0.25) is 9.59 Å². The molecule has 7 heteroatoms. The number of benzene rings is 1. The van der Waals surface area contributed by atoms with E-state index in [4.69, 9.17) is 9.15 Å². The van der Waals surface area contributed by atoms with Gasteiger partial charge in [0.25, 0.3) is 5.56 Å². The van der Waals surface area contributed by atoms with Gasteiger partial charge in [0.1, 0.15) is 16.9 Å². The van der Waals surface area contributed by atoms with Crippen LogP contribution < -0.4 is 16.3 Å². The van der Waals surface area contributed by atoms with Crippen LogP contribution in [0.25, 0.3) is 22.3 Å². The van der Waals surface area contributed by atoms with Crippen molar-refractivity contribution in [3.63, 3.8) is 0 Å². The molecule has 7 nitrogen and oxygen atoms in total. The van der Waals surface area contributed by atoms with Gasteiger partial charge in [0.2, 0.25) is 0 Å². The van der Waals surface area contributed by atoms with Gasteiger partial charge >= 0.3 is 6.09 Å². The Morgan fingerprint density at radius 2 is 1.84 bits per heavy atom. The Kier molecular flexibility index (Phi) is 5.81. The maximum Gasteiger partial charge on any atom is 0.408 e. The summed E-state index contributed by atoms with van der Waals surface area (Å²) in [6.45, 7) is 10.7. The molecule has 0 fully saturated rings. The lowest BCUT2D eigenvalue weighted by molar-refractivity contribution is 0.0508. The second-order valence-electron chi connectivity index (χ2n) is 8.85. The first-order valence-corrected chi connectivity index (χ1v) is 10.1. The molecule has 1 amide bonds. The van der Waals surface area contributed by atoms with E-state index in [2.05, 4.69) is 5.32 Å². The third-order valence-electron chi connectivity index (χ3n) is 4.96. The molecule has 0 saturated carbocycles. The van der Waals surface area contributed by atoms with Crippen molar-refractivity contribution in [3.8, 4) is 11.3 Å². The first-order chi connectivity index (χ1) is 14.4. The molecule has 0 unspecified atom stereocenters. The number of carbonyl (C=O) groups is 1. The topological polar surface area (TPSA) is 90.5 Å². The van der Waals surface area contributed by atoms with Gasteiger partial charge in [-0.15, -0.1) is 0 Å². The van der Waals surface area contributed by atoms with Crippen LogP contribution in [-0.4, -0.2) is 16.3 Å². The molecular formula is C24H28N2O5. The van der Waals surface area contributed by atoms with Crippen molar-refractivity contribution >= 4 is 17.1 Å². The van der Waals surface area contributed by atoms with E-state index in [-0.39, 0.29) is 11.0 Å². The fourth-order valence-electron chi connectivity index (χ4n) is 3.42. The van der Waals surface area contributed by atoms with E-state index in [0.29, 0.717) is 33.4 Å². The number of hydrogen-bond acceptors (Lipinski definition) is 5. The van der Waals surface area contributed by atoms with E-state index in [9.17, 15) is 14.4 Å². The highest BCUT2D eigenvalue weighted by atomic mass is 16.6. The summed E-state index contributed by atoms with van der Waals surface area (Å²) in [4.78, 5) is 37.5. The molecular weight excluding hydrogens is 396 g/mol. The van der Waals surface area contributed by atoms with Crippen LogP contribution in [0.1, 0.15) is 50.4 Å². The summed E-state index contributed by atoms with van der Waals surface area (Å²) in [6.07, 6.45) is 1.07. The highest BCUT2D eigenvalue weighted by Gasteiger charge is 2.22. The third-order valence-corrected chi connectivity index (χ3v) is 4.96. The molecule has 0 aliphatic rings. The zero-order valence-electron chi connectivity index (χ0n) is 19.0. The number of aryl methyl sites for hydroxylation is 2. The number of ether oxygens (including phenoxy) is 1. The Labute approximate surface area is 180 Å². The predicted octanol–water partition coefficient (Wildman–Crippen LogP) is 4.36. The van der Waals surface area contributed by atoms with Gasteiger partial charge in [0.15, 0.2) is 5.43 Å². The van der Waals surface area contributed by atoms with Crippen molar-refractivity contribution in [3.05, 3.63) is 67.7 Å². The highest BCUT2D eigenvalue weighted by molar-refractivity contribution is 5.84. The number of carbonyl (C=O) groups excluding carboxylic acids is 1. The minimum Gasteiger partial charge on any atom is -0.455 e. The average Bonchev–Trinajstić information content (AvgIpc) is 2.65. The molecule has 31 heavy (non-hydrogen) atoms. The molecule has 0 radical (unpaired) electrons. The molecule has 0 saturated heterocycles. The molecule has 0 aliphatic carbocycles. The van der Waals surface area contributed by atoms with E-state index in [1.54, 1.807) is 60.0 Å². The van der Waals surface area contributed by atoms with Gasteiger partial charge in [-0.05, 0) is 59.2 Å². The summed E-state index contributed by atoms with van der Waals surface area (Å²) >= 11 is 0. The number of nitrogens with one attached hydrogen (secondary N) is 1. The first kappa shape index (κ1) is 22.3. The lowest BCUT2D eigenvalue weighted by Crippen LogP contribution is -2.34. The van der Waals surface area contributed by atoms with Gasteiger partial charge in [0, 0.05) is 36.0 Å². The number of pyridine rings is 1. The molecule has 3 rings (SSSR count). The second-order valence-corrected chi connectivity index (χ2v) is 8.85. The lowest BCUT2D eigenvalue weighted by Gasteiger charge is -2.22. The smallest absolute Gasteiger partial charge is 0.408 e. The summed E-state index contributed by atoms with van der Waals surface area (Å²) in [5, 5.41) is 3.23. The van der Waals surface area contributed by atoms with Crippen molar-refractivity contribution in [1.29, 1.82) is 0 Å². The average molecular weight is 424 g/mol. The summed E-state index contributed by atoms with van der Waals surface area (Å²) in [5.74, 6) is 0.338. The van der Waals surface area contributed by atoms with Crippen LogP contribution in [0.2, 0.25) is 0 Å². The van der Waals surface area contributed by atoms with Crippen LogP contribution in [0.15, 0.2) is 44.5 Å². The normalized spacial score (nSPS) is 12.6. The lowest BCUT2D eigenvalue weighted by atomic mass is 9.99. The molecule has 1 N–H and O–H groups in total. The molecule has 0 bridgehead atoms. The molecule has 3 aromatic rings. The molecule has 1 aromatic carbocycles. The Morgan fingerprint density at radius 3 is 2.45 bits per heavy atom. The summed E-state index contributed by atoms with van der Waals surface area (Å²) < 4.78 is 13.0. The largest absolute Gasteiger partial charge is 0.455 e.